The van der Waals surface area contributed by atoms with E-state index in [4.69, 9.17) is 0 Å². The molecule has 22 heavy (non-hydrogen) atoms. The molecule has 1 aromatic rings. The summed E-state index contributed by atoms with van der Waals surface area (Å²) >= 11 is 2.00. The molecule has 0 radical (unpaired) electrons. The fourth-order valence-electron chi connectivity index (χ4n) is 3.40. The number of aromatic nitrogens is 2. The van der Waals surface area contributed by atoms with Crippen molar-refractivity contribution in [3.8, 4) is 0 Å². The van der Waals surface area contributed by atoms with E-state index in [0.29, 0.717) is 12.0 Å². The first kappa shape index (κ1) is 15.7. The maximum atomic E-state index is 12.4. The number of urea groups is 1. The van der Waals surface area contributed by atoms with Gasteiger partial charge in [0.15, 0.2) is 0 Å². The van der Waals surface area contributed by atoms with Gasteiger partial charge in [-0.15, -0.1) is 0 Å². The van der Waals surface area contributed by atoms with Crippen molar-refractivity contribution < 1.29 is 4.79 Å². The lowest BCUT2D eigenvalue weighted by molar-refractivity contribution is 0.165. The summed E-state index contributed by atoms with van der Waals surface area (Å²) < 4.78 is 2.26. The molecule has 2 saturated heterocycles. The van der Waals surface area contributed by atoms with Gasteiger partial charge in [-0.25, -0.2) is 9.78 Å². The number of carbonyl (C=O) groups is 1. The van der Waals surface area contributed by atoms with E-state index in [0.717, 1.165) is 44.7 Å². The molecule has 3 heterocycles. The molecule has 0 spiro atoms. The Morgan fingerprint density at radius 3 is 3.18 bits per heavy atom. The number of thioether (sulfide) groups is 1. The van der Waals surface area contributed by atoms with Gasteiger partial charge in [-0.2, -0.15) is 11.8 Å². The summed E-state index contributed by atoms with van der Waals surface area (Å²) in [5, 5.41) is 3.14. The quantitative estimate of drug-likeness (QED) is 0.927. The minimum absolute atomic E-state index is 0.111. The lowest BCUT2D eigenvalue weighted by Crippen LogP contribution is -2.47. The van der Waals surface area contributed by atoms with Crippen molar-refractivity contribution in [3.05, 3.63) is 18.2 Å². The van der Waals surface area contributed by atoms with Gasteiger partial charge in [0.25, 0.3) is 0 Å². The third-order valence-electron chi connectivity index (χ3n) is 4.71. The van der Waals surface area contributed by atoms with Gasteiger partial charge in [-0.3, -0.25) is 0 Å². The van der Waals surface area contributed by atoms with Crippen molar-refractivity contribution in [2.45, 2.75) is 38.6 Å². The van der Waals surface area contributed by atoms with Crippen LogP contribution < -0.4 is 5.32 Å². The van der Waals surface area contributed by atoms with Gasteiger partial charge in [-0.05, 0) is 36.7 Å². The molecule has 2 unspecified atom stereocenters. The zero-order chi connectivity index (χ0) is 15.4. The van der Waals surface area contributed by atoms with Crippen molar-refractivity contribution in [2.24, 2.45) is 5.92 Å². The van der Waals surface area contributed by atoms with Crippen LogP contribution >= 0.6 is 11.8 Å². The Balaban J connectivity index is 1.54. The van der Waals surface area contributed by atoms with E-state index in [1.165, 1.54) is 17.9 Å². The highest BCUT2D eigenvalue weighted by atomic mass is 32.2. The van der Waals surface area contributed by atoms with Crippen LogP contribution in [-0.2, 0) is 6.42 Å². The molecule has 2 aliphatic heterocycles. The lowest BCUT2D eigenvalue weighted by Gasteiger charge is -2.34. The first-order chi connectivity index (χ1) is 10.8. The number of hydrogen-bond acceptors (Lipinski definition) is 3. The number of aryl methyl sites for hydroxylation is 1. The van der Waals surface area contributed by atoms with Crippen molar-refractivity contribution in [3.63, 3.8) is 0 Å². The second kappa shape index (κ2) is 7.40. The Labute approximate surface area is 136 Å². The summed E-state index contributed by atoms with van der Waals surface area (Å²) in [6.45, 7) is 4.64. The molecule has 2 aliphatic rings. The van der Waals surface area contributed by atoms with E-state index in [1.807, 2.05) is 22.9 Å². The summed E-state index contributed by atoms with van der Waals surface area (Å²) in [5.41, 5.74) is 0. The molecule has 122 valence electrons. The molecular formula is C16H26N4OS. The Kier molecular flexibility index (Phi) is 5.28. The molecule has 6 heteroatoms. The first-order valence-electron chi connectivity index (χ1n) is 8.40. The lowest BCUT2D eigenvalue weighted by atomic mass is 10.1. The summed E-state index contributed by atoms with van der Waals surface area (Å²) in [6, 6.07) is 0.485. The van der Waals surface area contributed by atoms with Crippen LogP contribution in [0.2, 0.25) is 0 Å². The molecule has 2 atom stereocenters. The van der Waals surface area contributed by atoms with Crippen molar-refractivity contribution in [1.82, 2.24) is 19.8 Å². The van der Waals surface area contributed by atoms with E-state index in [1.54, 1.807) is 0 Å². The Hall–Kier alpha value is -1.17. The van der Waals surface area contributed by atoms with E-state index in [9.17, 15) is 4.79 Å². The van der Waals surface area contributed by atoms with Gasteiger partial charge in [0.2, 0.25) is 0 Å². The molecule has 3 rings (SSSR count). The smallest absolute Gasteiger partial charge is 0.317 e. The maximum absolute atomic E-state index is 12.4. The number of nitrogens with one attached hydrogen (secondary N) is 1. The Morgan fingerprint density at radius 2 is 2.41 bits per heavy atom. The number of rotatable bonds is 4. The molecule has 0 saturated carbocycles. The van der Waals surface area contributed by atoms with Gasteiger partial charge in [-0.1, -0.05) is 6.92 Å². The van der Waals surface area contributed by atoms with Crippen LogP contribution in [0.5, 0.6) is 0 Å². The first-order valence-corrected chi connectivity index (χ1v) is 9.55. The van der Waals surface area contributed by atoms with Crippen molar-refractivity contribution >= 4 is 17.8 Å². The fraction of sp³-hybridized carbons (Fsp3) is 0.750. The zero-order valence-electron chi connectivity index (χ0n) is 13.3. The second-order valence-electron chi connectivity index (χ2n) is 6.26. The molecule has 2 fully saturated rings. The van der Waals surface area contributed by atoms with E-state index < -0.39 is 0 Å². The maximum Gasteiger partial charge on any atom is 0.317 e. The predicted molar refractivity (Wildman–Crippen MR) is 90.3 cm³/mol. The summed E-state index contributed by atoms with van der Waals surface area (Å²) in [7, 11) is 0. The van der Waals surface area contributed by atoms with E-state index >= 15 is 0 Å². The van der Waals surface area contributed by atoms with Gasteiger partial charge in [0, 0.05) is 38.4 Å². The summed E-state index contributed by atoms with van der Waals surface area (Å²) in [5.74, 6) is 4.22. The van der Waals surface area contributed by atoms with Crippen LogP contribution in [0.1, 0.15) is 38.1 Å². The molecule has 1 N–H and O–H groups in total. The molecule has 0 aliphatic carbocycles. The molecule has 5 nitrogen and oxygen atoms in total. The van der Waals surface area contributed by atoms with Gasteiger partial charge in [0.1, 0.15) is 5.82 Å². The summed E-state index contributed by atoms with van der Waals surface area (Å²) in [4.78, 5) is 18.8. The minimum Gasteiger partial charge on any atom is -0.338 e. The van der Waals surface area contributed by atoms with Crippen LogP contribution in [-0.4, -0.2) is 51.6 Å². The van der Waals surface area contributed by atoms with E-state index in [-0.39, 0.29) is 6.03 Å². The molecule has 0 bridgehead atoms. The van der Waals surface area contributed by atoms with Crippen molar-refractivity contribution in [2.75, 3.05) is 31.1 Å². The Morgan fingerprint density at radius 1 is 1.50 bits per heavy atom. The third kappa shape index (κ3) is 3.59. The van der Waals surface area contributed by atoms with Gasteiger partial charge in [0.05, 0.1) is 6.04 Å². The average molecular weight is 322 g/mol. The number of carbonyl (C=O) groups excluding carboxylic acids is 1. The molecular weight excluding hydrogens is 296 g/mol. The van der Waals surface area contributed by atoms with Crippen LogP contribution in [0, 0.1) is 5.92 Å². The molecule has 1 aromatic heterocycles. The SMILES string of the molecule is CCc1nccn1C1CCCN(C(=O)NCC2CCSC2)C1. The standard InChI is InChI=1S/C16H26N4OS/c1-2-15-17-6-8-20(15)14-4-3-7-19(11-14)16(21)18-10-13-5-9-22-12-13/h6,8,13-14H,2-5,7,9-12H2,1H3,(H,18,21). The predicted octanol–water partition coefficient (Wildman–Crippen LogP) is 2.55. The minimum atomic E-state index is 0.111. The third-order valence-corrected chi connectivity index (χ3v) is 5.94. The fourth-order valence-corrected chi connectivity index (χ4v) is 4.69. The van der Waals surface area contributed by atoms with Crippen LogP contribution in [0.3, 0.4) is 0 Å². The number of nitrogens with zero attached hydrogens (tertiary/aromatic N) is 3. The second-order valence-corrected chi connectivity index (χ2v) is 7.41. The van der Waals surface area contributed by atoms with E-state index in [2.05, 4.69) is 28.0 Å². The highest BCUT2D eigenvalue weighted by Crippen LogP contribution is 2.24. The number of amides is 2. The average Bonchev–Trinajstić information content (AvgIpc) is 3.23. The highest BCUT2D eigenvalue weighted by Gasteiger charge is 2.26. The van der Waals surface area contributed by atoms with Gasteiger partial charge < -0.3 is 14.8 Å². The number of hydrogen-bond donors (Lipinski definition) is 1. The molecule has 2 amide bonds. The van der Waals surface area contributed by atoms with Crippen LogP contribution in [0.15, 0.2) is 12.4 Å². The largest absolute Gasteiger partial charge is 0.338 e. The highest BCUT2D eigenvalue weighted by molar-refractivity contribution is 7.99. The van der Waals surface area contributed by atoms with Gasteiger partial charge >= 0.3 is 6.03 Å². The van der Waals surface area contributed by atoms with Crippen LogP contribution in [0.25, 0.3) is 0 Å². The topological polar surface area (TPSA) is 50.2 Å². The number of imidazole rings is 1. The monoisotopic (exact) mass is 322 g/mol. The number of likely N-dealkylation sites (tertiary alicyclic amines) is 1. The van der Waals surface area contributed by atoms with Crippen molar-refractivity contribution in [1.29, 1.82) is 0 Å². The van der Waals surface area contributed by atoms with Crippen LogP contribution in [0.4, 0.5) is 4.79 Å². The zero-order valence-corrected chi connectivity index (χ0v) is 14.1. The normalized spacial score (nSPS) is 25.4. The number of piperidine rings is 1. The Bertz CT molecular complexity index is 498. The summed E-state index contributed by atoms with van der Waals surface area (Å²) in [6.07, 6.45) is 8.30. The molecule has 0 aromatic carbocycles.